The van der Waals surface area contributed by atoms with Crippen molar-refractivity contribution in [2.24, 2.45) is 5.92 Å². The lowest BCUT2D eigenvalue weighted by Gasteiger charge is -2.19. The van der Waals surface area contributed by atoms with E-state index in [2.05, 4.69) is 16.3 Å². The van der Waals surface area contributed by atoms with E-state index in [1.54, 1.807) is 36.4 Å². The van der Waals surface area contributed by atoms with Crippen LogP contribution in [-0.2, 0) is 4.79 Å². The SMILES string of the molecule is N#Cc1c(/C(=C(/c2ccc(F)cc2F)C2CC2)c2ccc(/C=C/C(=O)O)cc2)ccc2n[nH]c(F)c12. The Bertz CT molecular complexity index is 1610. The molecular formula is C28H18F3N3O2. The molecule has 0 atom stereocenters. The number of nitrogens with one attached hydrogen (secondary N) is 1. The van der Waals surface area contributed by atoms with Gasteiger partial charge in [-0.15, -0.1) is 0 Å². The van der Waals surface area contributed by atoms with Crippen LogP contribution in [0.5, 0.6) is 0 Å². The van der Waals surface area contributed by atoms with Crippen molar-refractivity contribution in [1.29, 1.82) is 5.26 Å². The molecule has 1 aliphatic carbocycles. The predicted octanol–water partition coefficient (Wildman–Crippen LogP) is 6.32. The van der Waals surface area contributed by atoms with Crippen molar-refractivity contribution in [1.82, 2.24) is 10.2 Å². The van der Waals surface area contributed by atoms with Gasteiger partial charge >= 0.3 is 5.97 Å². The molecular weight excluding hydrogens is 467 g/mol. The zero-order chi connectivity index (χ0) is 25.4. The number of aromatic nitrogens is 2. The van der Waals surface area contributed by atoms with Gasteiger partial charge in [0.05, 0.1) is 16.5 Å². The normalized spacial score (nSPS) is 14.2. The molecule has 1 saturated carbocycles. The van der Waals surface area contributed by atoms with Gasteiger partial charge in [-0.05, 0) is 65.3 Å². The van der Waals surface area contributed by atoms with Crippen molar-refractivity contribution < 1.29 is 23.1 Å². The van der Waals surface area contributed by atoms with Gasteiger partial charge in [0.25, 0.3) is 0 Å². The lowest BCUT2D eigenvalue weighted by Crippen LogP contribution is -2.02. The molecule has 1 aliphatic rings. The number of aliphatic carboxylic acids is 1. The molecule has 1 heterocycles. The van der Waals surface area contributed by atoms with Crippen molar-refractivity contribution >= 4 is 34.1 Å². The van der Waals surface area contributed by atoms with Gasteiger partial charge in [-0.1, -0.05) is 30.3 Å². The molecule has 8 heteroatoms. The second-order valence-electron chi connectivity index (χ2n) is 8.51. The molecule has 0 saturated heterocycles. The molecule has 2 N–H and O–H groups in total. The Kier molecular flexibility index (Phi) is 5.90. The zero-order valence-electron chi connectivity index (χ0n) is 18.7. The zero-order valence-corrected chi connectivity index (χ0v) is 18.7. The number of nitrogens with zero attached hydrogens (tertiary/aromatic N) is 2. The van der Waals surface area contributed by atoms with Crippen LogP contribution in [0.3, 0.4) is 0 Å². The van der Waals surface area contributed by atoms with E-state index in [0.717, 1.165) is 25.0 Å². The number of rotatable bonds is 6. The van der Waals surface area contributed by atoms with Crippen LogP contribution in [0.15, 0.2) is 60.7 Å². The minimum Gasteiger partial charge on any atom is -0.478 e. The Hall–Kier alpha value is -4.64. The van der Waals surface area contributed by atoms with Crippen LogP contribution < -0.4 is 0 Å². The lowest BCUT2D eigenvalue weighted by molar-refractivity contribution is -0.131. The second-order valence-corrected chi connectivity index (χ2v) is 8.51. The van der Waals surface area contributed by atoms with E-state index < -0.39 is 23.6 Å². The third-order valence-electron chi connectivity index (χ3n) is 6.15. The minimum atomic E-state index is -1.09. The highest BCUT2D eigenvalue weighted by molar-refractivity contribution is 6.04. The Balaban J connectivity index is 1.82. The number of carboxylic acid groups (broad SMARTS) is 1. The summed E-state index contributed by atoms with van der Waals surface area (Å²) in [7, 11) is 0. The Morgan fingerprint density at radius 2 is 1.78 bits per heavy atom. The molecule has 4 aromatic rings. The number of benzene rings is 3. The smallest absolute Gasteiger partial charge is 0.328 e. The Labute approximate surface area is 203 Å². The van der Waals surface area contributed by atoms with Crippen molar-refractivity contribution in [3.63, 3.8) is 0 Å². The van der Waals surface area contributed by atoms with E-state index in [-0.39, 0.29) is 27.9 Å². The van der Waals surface area contributed by atoms with Crippen LogP contribution in [0.1, 0.15) is 40.7 Å². The number of fused-ring (bicyclic) bond motifs is 1. The summed E-state index contributed by atoms with van der Waals surface area (Å²) in [6, 6.07) is 15.6. The molecule has 1 fully saturated rings. The molecule has 1 aromatic heterocycles. The van der Waals surface area contributed by atoms with Crippen LogP contribution in [0.4, 0.5) is 13.2 Å². The average Bonchev–Trinajstić information content (AvgIpc) is 3.63. The molecule has 5 nitrogen and oxygen atoms in total. The van der Waals surface area contributed by atoms with Crippen LogP contribution in [0.2, 0.25) is 0 Å². The van der Waals surface area contributed by atoms with Gasteiger partial charge in [-0.3, -0.25) is 5.10 Å². The molecule has 0 spiro atoms. The molecule has 36 heavy (non-hydrogen) atoms. The maximum atomic E-state index is 15.1. The summed E-state index contributed by atoms with van der Waals surface area (Å²) in [5.41, 5.74) is 3.29. The largest absolute Gasteiger partial charge is 0.478 e. The van der Waals surface area contributed by atoms with E-state index in [1.165, 1.54) is 18.2 Å². The highest BCUT2D eigenvalue weighted by Crippen LogP contribution is 2.49. The van der Waals surface area contributed by atoms with Crippen molar-refractivity contribution in [3.05, 3.63) is 106 Å². The fraction of sp³-hybridized carbons (Fsp3) is 0.107. The molecule has 0 radical (unpaired) electrons. The van der Waals surface area contributed by atoms with Crippen molar-refractivity contribution in [2.75, 3.05) is 0 Å². The summed E-state index contributed by atoms with van der Waals surface area (Å²) >= 11 is 0. The van der Waals surface area contributed by atoms with Gasteiger partial charge < -0.3 is 5.11 Å². The van der Waals surface area contributed by atoms with E-state index in [0.29, 0.717) is 27.8 Å². The number of aromatic amines is 1. The van der Waals surface area contributed by atoms with Gasteiger partial charge in [0.1, 0.15) is 17.7 Å². The minimum absolute atomic E-state index is 0.0308. The van der Waals surface area contributed by atoms with Gasteiger partial charge in [0.2, 0.25) is 5.95 Å². The fourth-order valence-corrected chi connectivity index (χ4v) is 4.42. The number of halogens is 3. The van der Waals surface area contributed by atoms with E-state index in [1.807, 2.05) is 0 Å². The summed E-state index contributed by atoms with van der Waals surface area (Å²) < 4.78 is 43.4. The molecule has 0 aliphatic heterocycles. The summed E-state index contributed by atoms with van der Waals surface area (Å²) in [5, 5.41) is 25.1. The first kappa shape index (κ1) is 23.1. The number of nitriles is 1. The number of hydrogen-bond donors (Lipinski definition) is 2. The van der Waals surface area contributed by atoms with Gasteiger partial charge in [0, 0.05) is 23.3 Å². The van der Waals surface area contributed by atoms with Gasteiger partial charge in [-0.25, -0.2) is 13.6 Å². The first-order chi connectivity index (χ1) is 17.4. The topological polar surface area (TPSA) is 89.8 Å². The number of carbonyl (C=O) groups is 1. The van der Waals surface area contributed by atoms with Crippen molar-refractivity contribution in [2.45, 2.75) is 12.8 Å². The molecule has 0 bridgehead atoms. The molecule has 178 valence electrons. The third-order valence-corrected chi connectivity index (χ3v) is 6.15. The second kappa shape index (κ2) is 9.19. The predicted molar refractivity (Wildman–Crippen MR) is 129 cm³/mol. The summed E-state index contributed by atoms with van der Waals surface area (Å²) in [4.78, 5) is 10.9. The van der Waals surface area contributed by atoms with Crippen LogP contribution in [0.25, 0.3) is 28.1 Å². The molecule has 0 amide bonds. The summed E-state index contributed by atoms with van der Waals surface area (Å²) in [5.74, 6) is -3.32. The number of carboxylic acids is 1. The molecule has 3 aromatic carbocycles. The van der Waals surface area contributed by atoms with E-state index in [9.17, 15) is 18.8 Å². The Morgan fingerprint density at radius 3 is 2.42 bits per heavy atom. The maximum Gasteiger partial charge on any atom is 0.328 e. The number of hydrogen-bond acceptors (Lipinski definition) is 3. The van der Waals surface area contributed by atoms with Gasteiger partial charge in [0.15, 0.2) is 0 Å². The quantitative estimate of drug-likeness (QED) is 0.247. The summed E-state index contributed by atoms with van der Waals surface area (Å²) in [6.45, 7) is 0. The monoisotopic (exact) mass is 485 g/mol. The molecule has 5 rings (SSSR count). The van der Waals surface area contributed by atoms with Crippen LogP contribution >= 0.6 is 0 Å². The first-order valence-electron chi connectivity index (χ1n) is 11.2. The molecule has 0 unspecified atom stereocenters. The average molecular weight is 485 g/mol. The van der Waals surface area contributed by atoms with Gasteiger partial charge in [-0.2, -0.15) is 14.8 Å². The fourth-order valence-electron chi connectivity index (χ4n) is 4.42. The number of H-pyrrole nitrogens is 1. The van der Waals surface area contributed by atoms with Crippen LogP contribution in [-0.4, -0.2) is 21.3 Å². The maximum absolute atomic E-state index is 15.1. The van der Waals surface area contributed by atoms with E-state index >= 15 is 4.39 Å². The third kappa shape index (κ3) is 4.27. The highest BCUT2D eigenvalue weighted by Gasteiger charge is 2.33. The van der Waals surface area contributed by atoms with Crippen LogP contribution in [0, 0.1) is 34.8 Å². The Morgan fingerprint density at radius 1 is 1.06 bits per heavy atom. The lowest BCUT2D eigenvalue weighted by atomic mass is 9.84. The number of allylic oxidation sites excluding steroid dienone is 1. The summed E-state index contributed by atoms with van der Waals surface area (Å²) in [6.07, 6.45) is 4.00. The van der Waals surface area contributed by atoms with Crippen molar-refractivity contribution in [3.8, 4) is 6.07 Å². The highest BCUT2D eigenvalue weighted by atomic mass is 19.1. The standard InChI is InChI=1S/C28H18F3N3O2/c29-18-8-9-20(22(30)13-18)26(17-6-7-17)25(16-4-1-15(2-5-16)3-12-24(35)36)19-10-11-23-27(21(19)14-32)28(31)34-33-23/h1-5,8-13,17H,6-7H2,(H,33,34)(H,35,36)/b12-3+,26-25+. The first-order valence-corrected chi connectivity index (χ1v) is 11.2. The van der Waals surface area contributed by atoms with E-state index in [4.69, 9.17) is 5.11 Å².